The van der Waals surface area contributed by atoms with Crippen LogP contribution < -0.4 is 10.2 Å². The van der Waals surface area contributed by atoms with Gasteiger partial charge in [0, 0.05) is 5.56 Å². The number of hydrogen-bond donors (Lipinski definition) is 0. The Hall–Kier alpha value is -3.08. The van der Waals surface area contributed by atoms with Crippen LogP contribution in [0.2, 0.25) is 0 Å². The van der Waals surface area contributed by atoms with E-state index in [1.165, 1.54) is 7.11 Å². The molecule has 0 aliphatic carbocycles. The zero-order valence-electron chi connectivity index (χ0n) is 13.4. The van der Waals surface area contributed by atoms with Gasteiger partial charge in [-0.15, -0.1) is 0 Å². The summed E-state index contributed by atoms with van der Waals surface area (Å²) in [5.41, 5.74) is 0.472. The highest BCUT2D eigenvalue weighted by Gasteiger charge is 2.23. The molecule has 1 aromatic heterocycles. The molecular weight excluding hydrogens is 308 g/mol. The summed E-state index contributed by atoms with van der Waals surface area (Å²) >= 11 is 0. The van der Waals surface area contributed by atoms with Crippen LogP contribution in [-0.4, -0.2) is 19.7 Å². The SMILES string of the molecule is CCOC(=O)c1c(-c2ccccc2)oc2ccc(OC)cc2c1=O. The van der Waals surface area contributed by atoms with E-state index in [9.17, 15) is 9.59 Å². The predicted molar refractivity (Wildman–Crippen MR) is 90.4 cm³/mol. The second-order valence-corrected chi connectivity index (χ2v) is 5.08. The minimum Gasteiger partial charge on any atom is -0.497 e. The fourth-order valence-electron chi connectivity index (χ4n) is 2.48. The number of fused-ring (bicyclic) bond motifs is 1. The van der Waals surface area contributed by atoms with Gasteiger partial charge in [-0.3, -0.25) is 4.79 Å². The van der Waals surface area contributed by atoms with E-state index in [1.54, 1.807) is 37.3 Å². The fraction of sp³-hybridized carbons (Fsp3) is 0.158. The monoisotopic (exact) mass is 324 g/mol. The van der Waals surface area contributed by atoms with Crippen molar-refractivity contribution < 1.29 is 18.7 Å². The molecule has 5 heteroatoms. The van der Waals surface area contributed by atoms with Gasteiger partial charge in [0.15, 0.2) is 11.3 Å². The minimum absolute atomic E-state index is 0.108. The van der Waals surface area contributed by atoms with Crippen molar-refractivity contribution in [3.63, 3.8) is 0 Å². The fourth-order valence-corrected chi connectivity index (χ4v) is 2.48. The largest absolute Gasteiger partial charge is 0.497 e. The van der Waals surface area contributed by atoms with Crippen molar-refractivity contribution >= 4 is 16.9 Å². The molecule has 0 saturated heterocycles. The van der Waals surface area contributed by atoms with E-state index in [2.05, 4.69) is 0 Å². The van der Waals surface area contributed by atoms with Crippen LogP contribution in [0.3, 0.4) is 0 Å². The molecule has 0 saturated carbocycles. The molecule has 0 unspecified atom stereocenters. The maximum atomic E-state index is 12.9. The number of hydrogen-bond acceptors (Lipinski definition) is 5. The average molecular weight is 324 g/mol. The molecule has 0 bridgehead atoms. The van der Waals surface area contributed by atoms with E-state index in [4.69, 9.17) is 13.9 Å². The van der Waals surface area contributed by atoms with E-state index in [0.29, 0.717) is 16.9 Å². The Morgan fingerprint density at radius 1 is 1.12 bits per heavy atom. The van der Waals surface area contributed by atoms with Crippen molar-refractivity contribution in [2.45, 2.75) is 6.92 Å². The van der Waals surface area contributed by atoms with Crippen LogP contribution in [0.15, 0.2) is 57.7 Å². The number of methoxy groups -OCH3 is 1. The molecule has 3 aromatic rings. The molecular formula is C19H16O5. The van der Waals surface area contributed by atoms with Gasteiger partial charge in [-0.1, -0.05) is 30.3 Å². The summed E-state index contributed by atoms with van der Waals surface area (Å²) in [7, 11) is 1.51. The number of ether oxygens (including phenoxy) is 2. The lowest BCUT2D eigenvalue weighted by molar-refractivity contribution is 0.0524. The van der Waals surface area contributed by atoms with Crippen LogP contribution in [0, 0.1) is 0 Å². The average Bonchev–Trinajstić information content (AvgIpc) is 2.62. The second kappa shape index (κ2) is 6.58. The van der Waals surface area contributed by atoms with Crippen LogP contribution in [0.4, 0.5) is 0 Å². The van der Waals surface area contributed by atoms with Gasteiger partial charge in [0.2, 0.25) is 5.43 Å². The highest BCUT2D eigenvalue weighted by Crippen LogP contribution is 2.28. The molecule has 0 radical (unpaired) electrons. The summed E-state index contributed by atoms with van der Waals surface area (Å²) < 4.78 is 16.1. The van der Waals surface area contributed by atoms with Crippen LogP contribution in [0.5, 0.6) is 5.75 Å². The molecule has 3 rings (SSSR count). The van der Waals surface area contributed by atoms with Crippen LogP contribution >= 0.6 is 0 Å². The summed E-state index contributed by atoms with van der Waals surface area (Å²) in [5, 5.41) is 0.275. The highest BCUT2D eigenvalue weighted by molar-refractivity contribution is 5.99. The van der Waals surface area contributed by atoms with Gasteiger partial charge < -0.3 is 13.9 Å². The number of rotatable bonds is 4. The third kappa shape index (κ3) is 2.76. The first-order valence-electron chi connectivity index (χ1n) is 7.53. The zero-order valence-corrected chi connectivity index (χ0v) is 13.4. The minimum atomic E-state index is -0.699. The maximum absolute atomic E-state index is 12.9. The molecule has 0 spiro atoms. The molecule has 1 heterocycles. The van der Waals surface area contributed by atoms with E-state index in [-0.39, 0.29) is 23.3 Å². The quantitative estimate of drug-likeness (QED) is 0.685. The molecule has 0 amide bonds. The van der Waals surface area contributed by atoms with Crippen molar-refractivity contribution in [3.05, 3.63) is 64.3 Å². The molecule has 0 aliphatic heterocycles. The van der Waals surface area contributed by atoms with Crippen molar-refractivity contribution in [1.82, 2.24) is 0 Å². The van der Waals surface area contributed by atoms with Crippen molar-refractivity contribution in [3.8, 4) is 17.1 Å². The molecule has 2 aromatic carbocycles. The standard InChI is InChI=1S/C19H16O5/c1-3-23-19(21)16-17(20)14-11-13(22-2)9-10-15(14)24-18(16)12-7-5-4-6-8-12/h4-11H,3H2,1-2H3. The lowest BCUT2D eigenvalue weighted by atomic mass is 10.0. The Balaban J connectivity index is 2.35. The van der Waals surface area contributed by atoms with Gasteiger partial charge >= 0.3 is 5.97 Å². The molecule has 122 valence electrons. The molecule has 0 atom stereocenters. The summed E-state index contributed by atoms with van der Waals surface area (Å²) in [6.07, 6.45) is 0. The van der Waals surface area contributed by atoms with Crippen molar-refractivity contribution in [2.24, 2.45) is 0 Å². The lowest BCUT2D eigenvalue weighted by Crippen LogP contribution is -2.19. The van der Waals surface area contributed by atoms with Gasteiger partial charge in [0.25, 0.3) is 0 Å². The van der Waals surface area contributed by atoms with Crippen LogP contribution in [0.25, 0.3) is 22.3 Å². The number of benzene rings is 2. The normalized spacial score (nSPS) is 10.6. The smallest absolute Gasteiger partial charge is 0.346 e. The van der Waals surface area contributed by atoms with Crippen molar-refractivity contribution in [2.75, 3.05) is 13.7 Å². The molecule has 0 aliphatic rings. The third-order valence-electron chi connectivity index (χ3n) is 3.61. The molecule has 24 heavy (non-hydrogen) atoms. The maximum Gasteiger partial charge on any atom is 0.346 e. The van der Waals surface area contributed by atoms with Gasteiger partial charge in [-0.25, -0.2) is 4.79 Å². The predicted octanol–water partition coefficient (Wildman–Crippen LogP) is 3.65. The van der Waals surface area contributed by atoms with E-state index >= 15 is 0 Å². The first-order valence-corrected chi connectivity index (χ1v) is 7.53. The highest BCUT2D eigenvalue weighted by atomic mass is 16.5. The lowest BCUT2D eigenvalue weighted by Gasteiger charge is -2.10. The molecule has 0 N–H and O–H groups in total. The van der Waals surface area contributed by atoms with Gasteiger partial charge in [0.1, 0.15) is 11.3 Å². The third-order valence-corrected chi connectivity index (χ3v) is 3.61. The summed E-state index contributed by atoms with van der Waals surface area (Å²) in [4.78, 5) is 25.2. The van der Waals surface area contributed by atoms with Gasteiger partial charge in [0.05, 0.1) is 19.1 Å². The van der Waals surface area contributed by atoms with Gasteiger partial charge in [-0.05, 0) is 25.1 Å². The zero-order chi connectivity index (χ0) is 17.1. The van der Waals surface area contributed by atoms with E-state index in [0.717, 1.165) is 0 Å². The first-order chi connectivity index (χ1) is 11.7. The van der Waals surface area contributed by atoms with Crippen LogP contribution in [-0.2, 0) is 4.74 Å². The number of esters is 1. The Morgan fingerprint density at radius 2 is 1.88 bits per heavy atom. The first kappa shape index (κ1) is 15.8. The summed E-state index contributed by atoms with van der Waals surface area (Å²) in [6.45, 7) is 1.86. The molecule has 5 nitrogen and oxygen atoms in total. The summed E-state index contributed by atoms with van der Waals surface area (Å²) in [6, 6.07) is 13.9. The van der Waals surface area contributed by atoms with Gasteiger partial charge in [-0.2, -0.15) is 0 Å². The number of carbonyl (C=O) groups is 1. The second-order valence-electron chi connectivity index (χ2n) is 5.08. The topological polar surface area (TPSA) is 65.7 Å². The summed E-state index contributed by atoms with van der Waals surface area (Å²) in [5.74, 6) is 0.0172. The van der Waals surface area contributed by atoms with E-state index < -0.39 is 11.4 Å². The Bertz CT molecular complexity index is 941. The van der Waals surface area contributed by atoms with E-state index in [1.807, 2.05) is 18.2 Å². The Morgan fingerprint density at radius 3 is 2.54 bits per heavy atom. The van der Waals surface area contributed by atoms with Crippen LogP contribution in [0.1, 0.15) is 17.3 Å². The molecule has 0 fully saturated rings. The Kier molecular flexibility index (Phi) is 4.33. The number of carbonyl (C=O) groups excluding carboxylic acids is 1. The Labute approximate surface area is 138 Å². The van der Waals surface area contributed by atoms with Crippen molar-refractivity contribution in [1.29, 1.82) is 0 Å².